The summed E-state index contributed by atoms with van der Waals surface area (Å²) in [6, 6.07) is 0. The van der Waals surface area contributed by atoms with Crippen LogP contribution in [0.3, 0.4) is 0 Å². The molecule has 0 heteroatoms. The fourth-order valence-corrected chi connectivity index (χ4v) is 1.94. The van der Waals surface area contributed by atoms with Gasteiger partial charge in [-0.05, 0) is 18.3 Å². The Balaban J connectivity index is 0.000001000. The zero-order chi connectivity index (χ0) is 7.45. The molecule has 0 heterocycles. The van der Waals surface area contributed by atoms with E-state index in [1.807, 2.05) is 0 Å². The summed E-state index contributed by atoms with van der Waals surface area (Å²) in [4.78, 5) is 0. The molecule has 1 fully saturated rings. The number of rotatable bonds is 1. The van der Waals surface area contributed by atoms with Gasteiger partial charge in [0.2, 0.25) is 0 Å². The Hall–Kier alpha value is 0. The second kappa shape index (κ2) is 4.79. The Morgan fingerprint density at radius 3 is 1.82 bits per heavy atom. The highest BCUT2D eigenvalue weighted by Gasteiger charge is 2.22. The Bertz CT molecular complexity index is 86.2. The van der Waals surface area contributed by atoms with Gasteiger partial charge in [-0.25, -0.2) is 0 Å². The summed E-state index contributed by atoms with van der Waals surface area (Å²) >= 11 is 0. The molecule has 0 unspecified atom stereocenters. The van der Waals surface area contributed by atoms with Crippen LogP contribution in [0.1, 0.15) is 66.2 Å². The zero-order valence-electron chi connectivity index (χ0n) is 7.45. The minimum absolute atomic E-state index is 0. The average Bonchev–Trinajstić information content (AvgIpc) is 2.15. The van der Waals surface area contributed by atoms with E-state index >= 15 is 0 Å². The summed E-state index contributed by atoms with van der Waals surface area (Å²) < 4.78 is 0. The molecular weight excluding hydrogens is 132 g/mol. The molecule has 68 valence electrons. The minimum Gasteiger partial charge on any atom is -0.0776 e. The van der Waals surface area contributed by atoms with Crippen LogP contribution in [0.4, 0.5) is 0 Å². The largest absolute Gasteiger partial charge is 0.0776 e. The highest BCUT2D eigenvalue weighted by atomic mass is 14.3. The van der Waals surface area contributed by atoms with Crippen LogP contribution < -0.4 is 0 Å². The second-order valence-corrected chi connectivity index (χ2v) is 4.08. The van der Waals surface area contributed by atoms with Gasteiger partial charge >= 0.3 is 0 Å². The van der Waals surface area contributed by atoms with Crippen LogP contribution in [0.15, 0.2) is 0 Å². The van der Waals surface area contributed by atoms with Gasteiger partial charge in [0, 0.05) is 0 Å². The van der Waals surface area contributed by atoms with E-state index in [1.54, 1.807) is 0 Å². The molecule has 0 saturated heterocycles. The maximum absolute atomic E-state index is 2.46. The Labute approximate surface area is 72.4 Å². The molecule has 1 aliphatic rings. The summed E-state index contributed by atoms with van der Waals surface area (Å²) in [5, 5.41) is 0. The Kier molecular flexibility index (Phi) is 4.79. The zero-order valence-corrected chi connectivity index (χ0v) is 7.45. The van der Waals surface area contributed by atoms with E-state index in [0.717, 1.165) is 0 Å². The van der Waals surface area contributed by atoms with E-state index in [9.17, 15) is 0 Å². The van der Waals surface area contributed by atoms with Crippen molar-refractivity contribution in [3.63, 3.8) is 0 Å². The van der Waals surface area contributed by atoms with Crippen LogP contribution in [0.5, 0.6) is 0 Å². The van der Waals surface area contributed by atoms with Crippen LogP contribution in [0.2, 0.25) is 0 Å². The van der Waals surface area contributed by atoms with Gasteiger partial charge in [0.25, 0.3) is 0 Å². The third-order valence-electron chi connectivity index (χ3n) is 3.16. The van der Waals surface area contributed by atoms with Gasteiger partial charge in [0.15, 0.2) is 0 Å². The first-order chi connectivity index (χ1) is 4.77. The molecule has 0 bridgehead atoms. The lowest BCUT2D eigenvalue weighted by Gasteiger charge is -2.25. The molecular formula is C11H24. The van der Waals surface area contributed by atoms with Crippen LogP contribution in [-0.2, 0) is 0 Å². The maximum Gasteiger partial charge on any atom is -0.0328 e. The molecule has 0 nitrogen and oxygen atoms in total. The second-order valence-electron chi connectivity index (χ2n) is 4.08. The molecule has 1 rings (SSSR count). The number of hydrogen-bond acceptors (Lipinski definition) is 0. The van der Waals surface area contributed by atoms with Crippen molar-refractivity contribution in [1.82, 2.24) is 0 Å². The van der Waals surface area contributed by atoms with Gasteiger partial charge in [0.05, 0.1) is 0 Å². The Morgan fingerprint density at radius 2 is 1.45 bits per heavy atom. The lowest BCUT2D eigenvalue weighted by atomic mass is 9.80. The molecule has 0 aromatic heterocycles. The molecule has 1 aliphatic carbocycles. The van der Waals surface area contributed by atoms with Crippen molar-refractivity contribution < 1.29 is 0 Å². The van der Waals surface area contributed by atoms with Crippen molar-refractivity contribution in [2.45, 2.75) is 66.2 Å². The fourth-order valence-electron chi connectivity index (χ4n) is 1.94. The van der Waals surface area contributed by atoms with Crippen molar-refractivity contribution in [3.8, 4) is 0 Å². The standard InChI is InChI=1S/C10H20.CH4/c1-3-10(2)8-6-4-5-7-9-10;/h3-9H2,1-2H3;1H4. The maximum atomic E-state index is 2.46. The van der Waals surface area contributed by atoms with Gasteiger partial charge in [-0.3, -0.25) is 0 Å². The highest BCUT2D eigenvalue weighted by Crippen LogP contribution is 2.36. The molecule has 0 aromatic carbocycles. The fraction of sp³-hybridized carbons (Fsp3) is 1.00. The summed E-state index contributed by atoms with van der Waals surface area (Å²) in [7, 11) is 0. The molecule has 1 saturated carbocycles. The van der Waals surface area contributed by atoms with Crippen LogP contribution in [0.25, 0.3) is 0 Å². The smallest absolute Gasteiger partial charge is 0.0328 e. The van der Waals surface area contributed by atoms with E-state index in [0.29, 0.717) is 5.41 Å². The van der Waals surface area contributed by atoms with Crippen molar-refractivity contribution >= 4 is 0 Å². The topological polar surface area (TPSA) is 0 Å². The first-order valence-electron chi connectivity index (χ1n) is 4.77. The van der Waals surface area contributed by atoms with E-state index in [2.05, 4.69) is 13.8 Å². The van der Waals surface area contributed by atoms with Crippen molar-refractivity contribution in [2.75, 3.05) is 0 Å². The third kappa shape index (κ3) is 3.27. The summed E-state index contributed by atoms with van der Waals surface area (Å²) in [5.41, 5.74) is 0.705. The summed E-state index contributed by atoms with van der Waals surface area (Å²) in [6.07, 6.45) is 10.2. The lowest BCUT2D eigenvalue weighted by molar-refractivity contribution is 0.266. The van der Waals surface area contributed by atoms with Crippen molar-refractivity contribution in [2.24, 2.45) is 5.41 Å². The summed E-state index contributed by atoms with van der Waals surface area (Å²) in [6.45, 7) is 4.80. The Morgan fingerprint density at radius 1 is 1.00 bits per heavy atom. The SMILES string of the molecule is C.CCC1(C)CCCCCC1. The average molecular weight is 156 g/mol. The molecule has 0 atom stereocenters. The molecule has 0 spiro atoms. The van der Waals surface area contributed by atoms with Gasteiger partial charge in [0.1, 0.15) is 0 Å². The molecule has 11 heavy (non-hydrogen) atoms. The number of hydrogen-bond donors (Lipinski definition) is 0. The molecule has 0 N–H and O–H groups in total. The van der Waals surface area contributed by atoms with Crippen LogP contribution >= 0.6 is 0 Å². The van der Waals surface area contributed by atoms with Gasteiger partial charge in [-0.15, -0.1) is 0 Å². The van der Waals surface area contributed by atoms with E-state index in [4.69, 9.17) is 0 Å². The van der Waals surface area contributed by atoms with E-state index in [-0.39, 0.29) is 7.43 Å². The third-order valence-corrected chi connectivity index (χ3v) is 3.16. The molecule has 0 aliphatic heterocycles. The molecule has 0 amide bonds. The van der Waals surface area contributed by atoms with Crippen LogP contribution in [0, 0.1) is 5.41 Å². The highest BCUT2D eigenvalue weighted by molar-refractivity contribution is 4.75. The lowest BCUT2D eigenvalue weighted by Crippen LogP contribution is -2.12. The first-order valence-corrected chi connectivity index (χ1v) is 4.77. The molecule has 0 radical (unpaired) electrons. The van der Waals surface area contributed by atoms with E-state index < -0.39 is 0 Å². The van der Waals surface area contributed by atoms with Gasteiger partial charge in [-0.1, -0.05) is 53.4 Å². The normalized spacial score (nSPS) is 23.5. The van der Waals surface area contributed by atoms with Crippen molar-refractivity contribution in [3.05, 3.63) is 0 Å². The summed E-state index contributed by atoms with van der Waals surface area (Å²) in [5.74, 6) is 0. The van der Waals surface area contributed by atoms with Gasteiger partial charge in [-0.2, -0.15) is 0 Å². The molecule has 0 aromatic rings. The predicted molar refractivity (Wildman–Crippen MR) is 52.8 cm³/mol. The quantitative estimate of drug-likeness (QED) is 0.494. The van der Waals surface area contributed by atoms with Crippen LogP contribution in [-0.4, -0.2) is 0 Å². The monoisotopic (exact) mass is 156 g/mol. The first kappa shape index (κ1) is 11.0. The van der Waals surface area contributed by atoms with Crippen molar-refractivity contribution in [1.29, 1.82) is 0 Å². The van der Waals surface area contributed by atoms with E-state index in [1.165, 1.54) is 44.9 Å². The van der Waals surface area contributed by atoms with Gasteiger partial charge < -0.3 is 0 Å². The predicted octanol–water partition coefficient (Wildman–Crippen LogP) is 4.39. The minimum atomic E-state index is 0.